The SMILES string of the molecule is C=CC(C)(O)CCC1C(=C)CC(=O)C2C(C)(C)CCCC12C. The van der Waals surface area contributed by atoms with Crippen LogP contribution in [0.3, 0.4) is 0 Å². The highest BCUT2D eigenvalue weighted by atomic mass is 16.3. The molecule has 0 saturated heterocycles. The second-order valence-corrected chi connectivity index (χ2v) is 8.73. The van der Waals surface area contributed by atoms with E-state index in [0.29, 0.717) is 24.5 Å². The van der Waals surface area contributed by atoms with Gasteiger partial charge in [-0.05, 0) is 49.4 Å². The van der Waals surface area contributed by atoms with Gasteiger partial charge in [0.1, 0.15) is 5.78 Å². The minimum Gasteiger partial charge on any atom is -0.386 e. The minimum atomic E-state index is -0.836. The molecule has 22 heavy (non-hydrogen) atoms. The van der Waals surface area contributed by atoms with Gasteiger partial charge in [-0.2, -0.15) is 0 Å². The lowest BCUT2D eigenvalue weighted by molar-refractivity contribution is -0.143. The molecule has 0 aromatic rings. The van der Waals surface area contributed by atoms with Gasteiger partial charge in [0.25, 0.3) is 0 Å². The topological polar surface area (TPSA) is 37.3 Å². The van der Waals surface area contributed by atoms with E-state index in [1.165, 1.54) is 6.42 Å². The van der Waals surface area contributed by atoms with Crippen molar-refractivity contribution in [1.82, 2.24) is 0 Å². The van der Waals surface area contributed by atoms with Crippen LogP contribution in [0, 0.1) is 22.7 Å². The van der Waals surface area contributed by atoms with Crippen LogP contribution in [0.5, 0.6) is 0 Å². The molecule has 0 amide bonds. The second kappa shape index (κ2) is 5.63. The first-order valence-corrected chi connectivity index (χ1v) is 8.60. The van der Waals surface area contributed by atoms with Gasteiger partial charge in [-0.1, -0.05) is 45.4 Å². The molecule has 2 nitrogen and oxygen atoms in total. The van der Waals surface area contributed by atoms with Gasteiger partial charge in [0.2, 0.25) is 0 Å². The highest BCUT2D eigenvalue weighted by Crippen LogP contribution is 2.60. The number of allylic oxidation sites excluding steroid dienone is 1. The van der Waals surface area contributed by atoms with Gasteiger partial charge in [-0.15, -0.1) is 6.58 Å². The molecule has 0 aromatic carbocycles. The van der Waals surface area contributed by atoms with Crippen LogP contribution in [0.25, 0.3) is 0 Å². The normalized spacial score (nSPS) is 37.3. The second-order valence-electron chi connectivity index (χ2n) is 8.73. The molecule has 0 aromatic heterocycles. The lowest BCUT2D eigenvalue weighted by atomic mass is 9.46. The molecule has 2 aliphatic carbocycles. The van der Waals surface area contributed by atoms with Crippen molar-refractivity contribution >= 4 is 5.78 Å². The summed E-state index contributed by atoms with van der Waals surface area (Å²) in [6.45, 7) is 16.5. The number of carbonyl (C=O) groups is 1. The predicted molar refractivity (Wildman–Crippen MR) is 91.5 cm³/mol. The molecule has 124 valence electrons. The van der Waals surface area contributed by atoms with Crippen LogP contribution in [0.4, 0.5) is 0 Å². The molecule has 0 radical (unpaired) electrons. The molecule has 2 heteroatoms. The Bertz CT molecular complexity index is 486. The first kappa shape index (κ1) is 17.5. The first-order chi connectivity index (χ1) is 10.0. The van der Waals surface area contributed by atoms with Crippen LogP contribution in [-0.2, 0) is 4.79 Å². The zero-order chi connectivity index (χ0) is 16.8. The molecule has 0 spiro atoms. The van der Waals surface area contributed by atoms with E-state index >= 15 is 0 Å². The number of aliphatic hydroxyl groups is 1. The number of Topliss-reactive ketones (excluding diaryl/α,β-unsaturated/α-hetero) is 1. The van der Waals surface area contributed by atoms with Crippen LogP contribution >= 0.6 is 0 Å². The summed E-state index contributed by atoms with van der Waals surface area (Å²) in [5.74, 6) is 0.822. The van der Waals surface area contributed by atoms with Gasteiger partial charge in [0, 0.05) is 12.3 Å². The Labute approximate surface area is 135 Å². The van der Waals surface area contributed by atoms with Gasteiger partial charge in [-0.3, -0.25) is 4.79 Å². The average Bonchev–Trinajstić information content (AvgIpc) is 2.36. The summed E-state index contributed by atoms with van der Waals surface area (Å²) in [4.78, 5) is 12.7. The van der Waals surface area contributed by atoms with E-state index in [2.05, 4.69) is 33.9 Å². The van der Waals surface area contributed by atoms with E-state index in [1.54, 1.807) is 13.0 Å². The van der Waals surface area contributed by atoms with Crippen molar-refractivity contribution in [2.45, 2.75) is 71.8 Å². The molecular weight excluding hydrogens is 272 g/mol. The van der Waals surface area contributed by atoms with E-state index < -0.39 is 5.60 Å². The summed E-state index contributed by atoms with van der Waals surface area (Å²) >= 11 is 0. The van der Waals surface area contributed by atoms with Crippen LogP contribution in [-0.4, -0.2) is 16.5 Å². The summed E-state index contributed by atoms with van der Waals surface area (Å²) in [6.07, 6.45) is 7.09. The van der Waals surface area contributed by atoms with Crippen LogP contribution in [0.2, 0.25) is 0 Å². The number of fused-ring (bicyclic) bond motifs is 1. The molecule has 2 fully saturated rings. The molecule has 4 unspecified atom stereocenters. The maximum atomic E-state index is 12.7. The third-order valence-corrected chi connectivity index (χ3v) is 6.37. The fraction of sp³-hybridized carbons (Fsp3) is 0.750. The van der Waals surface area contributed by atoms with Gasteiger partial charge >= 0.3 is 0 Å². The van der Waals surface area contributed by atoms with E-state index in [0.717, 1.165) is 24.8 Å². The molecule has 4 atom stereocenters. The highest BCUT2D eigenvalue weighted by Gasteiger charge is 2.56. The molecular formula is C20H32O2. The molecule has 2 rings (SSSR count). The van der Waals surface area contributed by atoms with Gasteiger partial charge in [0.05, 0.1) is 5.60 Å². The van der Waals surface area contributed by atoms with Crippen molar-refractivity contribution < 1.29 is 9.90 Å². The van der Waals surface area contributed by atoms with E-state index in [4.69, 9.17) is 0 Å². The van der Waals surface area contributed by atoms with Crippen LogP contribution in [0.1, 0.15) is 66.2 Å². The van der Waals surface area contributed by atoms with Gasteiger partial charge in [0.15, 0.2) is 0 Å². The third kappa shape index (κ3) is 2.95. The molecule has 0 bridgehead atoms. The van der Waals surface area contributed by atoms with Crippen molar-refractivity contribution in [2.24, 2.45) is 22.7 Å². The molecule has 2 aliphatic rings. The zero-order valence-corrected chi connectivity index (χ0v) is 14.7. The maximum absolute atomic E-state index is 12.7. The summed E-state index contributed by atoms with van der Waals surface area (Å²) in [5.41, 5.74) is 0.300. The fourth-order valence-electron chi connectivity index (χ4n) is 5.27. The predicted octanol–water partition coefficient (Wildman–Crippen LogP) is 4.68. The first-order valence-electron chi connectivity index (χ1n) is 8.60. The Hall–Kier alpha value is -0.890. The molecule has 0 aliphatic heterocycles. The summed E-state index contributed by atoms with van der Waals surface area (Å²) < 4.78 is 0. The zero-order valence-electron chi connectivity index (χ0n) is 14.7. The average molecular weight is 304 g/mol. The Morgan fingerprint density at radius 1 is 1.36 bits per heavy atom. The van der Waals surface area contributed by atoms with E-state index in [1.807, 2.05) is 0 Å². The van der Waals surface area contributed by atoms with Crippen molar-refractivity contribution in [3.8, 4) is 0 Å². The summed E-state index contributed by atoms with van der Waals surface area (Å²) in [6, 6.07) is 0. The van der Waals surface area contributed by atoms with Gasteiger partial charge < -0.3 is 5.11 Å². The maximum Gasteiger partial charge on any atom is 0.141 e. The Balaban J connectivity index is 2.30. The molecule has 2 saturated carbocycles. The highest BCUT2D eigenvalue weighted by molar-refractivity contribution is 5.86. The van der Waals surface area contributed by atoms with E-state index in [-0.39, 0.29) is 16.7 Å². The lowest BCUT2D eigenvalue weighted by Crippen LogP contribution is -2.53. The van der Waals surface area contributed by atoms with Crippen LogP contribution < -0.4 is 0 Å². The van der Waals surface area contributed by atoms with E-state index in [9.17, 15) is 9.90 Å². The largest absolute Gasteiger partial charge is 0.386 e. The number of ketones is 1. The number of hydrogen-bond donors (Lipinski definition) is 1. The Morgan fingerprint density at radius 3 is 2.59 bits per heavy atom. The van der Waals surface area contributed by atoms with Crippen molar-refractivity contribution in [2.75, 3.05) is 0 Å². The quantitative estimate of drug-likeness (QED) is 0.766. The molecule has 1 N–H and O–H groups in total. The van der Waals surface area contributed by atoms with Crippen LogP contribution in [0.15, 0.2) is 24.8 Å². The lowest BCUT2D eigenvalue weighted by Gasteiger charge is -2.57. The smallest absolute Gasteiger partial charge is 0.141 e. The van der Waals surface area contributed by atoms with Crippen molar-refractivity contribution in [3.63, 3.8) is 0 Å². The summed E-state index contributed by atoms with van der Waals surface area (Å²) in [5, 5.41) is 10.3. The van der Waals surface area contributed by atoms with Crippen molar-refractivity contribution in [3.05, 3.63) is 24.8 Å². The Kier molecular flexibility index (Phi) is 4.47. The molecule has 0 heterocycles. The monoisotopic (exact) mass is 304 g/mol. The number of rotatable bonds is 4. The summed E-state index contributed by atoms with van der Waals surface area (Å²) in [7, 11) is 0. The number of hydrogen-bond acceptors (Lipinski definition) is 2. The van der Waals surface area contributed by atoms with Gasteiger partial charge in [-0.25, -0.2) is 0 Å². The minimum absolute atomic E-state index is 0.00852. The third-order valence-electron chi connectivity index (χ3n) is 6.37. The number of carbonyl (C=O) groups excluding carboxylic acids is 1. The standard InChI is InChI=1S/C20H32O2/c1-7-19(5,22)12-9-15-14(2)13-16(21)17-18(3,4)10-8-11-20(15,17)6/h7,15,17,22H,1-2,8-13H2,3-6H3. The fourth-order valence-corrected chi connectivity index (χ4v) is 5.27. The Morgan fingerprint density at radius 2 is 2.00 bits per heavy atom. The van der Waals surface area contributed by atoms with Crippen molar-refractivity contribution in [1.29, 1.82) is 0 Å².